The van der Waals surface area contributed by atoms with Crippen LogP contribution in [-0.4, -0.2) is 15.0 Å². The van der Waals surface area contributed by atoms with E-state index < -0.39 is 6.43 Å². The van der Waals surface area contributed by atoms with E-state index in [1.807, 2.05) is 30.3 Å². The summed E-state index contributed by atoms with van der Waals surface area (Å²) in [7, 11) is 0. The number of nitrogens with zero attached hydrogens (tertiary/aromatic N) is 3. The van der Waals surface area contributed by atoms with Crippen LogP contribution in [0.1, 0.15) is 17.1 Å². The van der Waals surface area contributed by atoms with Gasteiger partial charge < -0.3 is 5.32 Å². The van der Waals surface area contributed by atoms with Gasteiger partial charge in [0, 0.05) is 11.9 Å². The van der Waals surface area contributed by atoms with E-state index in [-0.39, 0.29) is 5.69 Å². The quantitative estimate of drug-likeness (QED) is 0.764. The highest BCUT2D eigenvalue weighted by Crippen LogP contribution is 2.34. The van der Waals surface area contributed by atoms with Crippen molar-refractivity contribution in [3.63, 3.8) is 0 Å². The van der Waals surface area contributed by atoms with E-state index in [2.05, 4.69) is 20.3 Å². The molecule has 0 aliphatic rings. The summed E-state index contributed by atoms with van der Waals surface area (Å²) in [5.74, 6) is 0.356. The third kappa shape index (κ3) is 3.09. The summed E-state index contributed by atoms with van der Waals surface area (Å²) in [6.45, 7) is 1.70. The number of rotatable bonds is 4. The molecule has 0 radical (unpaired) electrons. The van der Waals surface area contributed by atoms with Crippen molar-refractivity contribution in [2.24, 2.45) is 0 Å². The lowest BCUT2D eigenvalue weighted by atomic mass is 10.3. The molecule has 0 aliphatic heterocycles. The second kappa shape index (κ2) is 6.15. The van der Waals surface area contributed by atoms with Crippen LogP contribution >= 0.6 is 11.3 Å². The molecule has 2 aromatic heterocycles. The Morgan fingerprint density at radius 3 is 2.59 bits per heavy atom. The summed E-state index contributed by atoms with van der Waals surface area (Å²) >= 11 is 1.20. The predicted molar refractivity (Wildman–Crippen MR) is 82.6 cm³/mol. The topological polar surface area (TPSA) is 50.7 Å². The zero-order chi connectivity index (χ0) is 15.5. The number of para-hydroxylation sites is 1. The number of aromatic nitrogens is 3. The lowest BCUT2D eigenvalue weighted by molar-refractivity contribution is 0.147. The van der Waals surface area contributed by atoms with Crippen molar-refractivity contribution in [3.8, 4) is 10.6 Å². The number of benzene rings is 1. The van der Waals surface area contributed by atoms with Gasteiger partial charge in [0.25, 0.3) is 6.43 Å². The van der Waals surface area contributed by atoms with Crippen LogP contribution in [0.15, 0.2) is 42.6 Å². The summed E-state index contributed by atoms with van der Waals surface area (Å²) in [6.07, 6.45) is -1.08. The largest absolute Gasteiger partial charge is 0.324 e. The minimum atomic E-state index is -2.62. The summed E-state index contributed by atoms with van der Waals surface area (Å²) in [5.41, 5.74) is 1.04. The van der Waals surface area contributed by atoms with Gasteiger partial charge in [-0.05, 0) is 25.1 Å². The first kappa shape index (κ1) is 14.5. The molecular weight excluding hydrogens is 306 g/mol. The first-order valence-electron chi connectivity index (χ1n) is 6.54. The summed E-state index contributed by atoms with van der Waals surface area (Å²) < 4.78 is 26.1. The molecule has 0 atom stereocenters. The lowest BCUT2D eigenvalue weighted by Gasteiger charge is -2.06. The molecule has 0 amide bonds. The molecule has 0 spiro atoms. The molecule has 112 valence electrons. The molecule has 4 nitrogen and oxygen atoms in total. The van der Waals surface area contributed by atoms with Crippen LogP contribution in [0.5, 0.6) is 0 Å². The van der Waals surface area contributed by atoms with Crippen molar-refractivity contribution < 1.29 is 8.78 Å². The Balaban J connectivity index is 1.95. The van der Waals surface area contributed by atoms with Gasteiger partial charge in [0.05, 0.1) is 15.6 Å². The van der Waals surface area contributed by atoms with Crippen LogP contribution in [-0.2, 0) is 0 Å². The van der Waals surface area contributed by atoms with Crippen molar-refractivity contribution in [1.82, 2.24) is 15.0 Å². The average Bonchev–Trinajstić information content (AvgIpc) is 2.91. The van der Waals surface area contributed by atoms with E-state index in [1.165, 1.54) is 17.5 Å². The maximum absolute atomic E-state index is 13.1. The first-order chi connectivity index (χ1) is 10.6. The standard InChI is InChI=1S/C15H12F2N4S/c1-9-19-12(14(16)17)13(22-9)11-7-8-18-15(21-11)20-10-5-3-2-4-6-10/h2-8,14H,1H3,(H,18,20,21). The third-order valence-corrected chi connectivity index (χ3v) is 3.89. The molecule has 1 N–H and O–H groups in total. The monoisotopic (exact) mass is 318 g/mol. The highest BCUT2D eigenvalue weighted by molar-refractivity contribution is 7.15. The molecule has 0 saturated heterocycles. The van der Waals surface area contributed by atoms with E-state index in [9.17, 15) is 8.78 Å². The number of hydrogen-bond donors (Lipinski definition) is 1. The van der Waals surface area contributed by atoms with Crippen LogP contribution in [0.25, 0.3) is 10.6 Å². The molecule has 22 heavy (non-hydrogen) atoms. The Labute approximate surface area is 129 Å². The van der Waals surface area contributed by atoms with Gasteiger partial charge >= 0.3 is 0 Å². The van der Waals surface area contributed by atoms with Gasteiger partial charge in [0.2, 0.25) is 5.95 Å². The third-order valence-electron chi connectivity index (χ3n) is 2.89. The van der Waals surface area contributed by atoms with Gasteiger partial charge in [-0.3, -0.25) is 0 Å². The SMILES string of the molecule is Cc1nc(C(F)F)c(-c2ccnc(Nc3ccccc3)n2)s1. The van der Waals surface area contributed by atoms with Crippen LogP contribution < -0.4 is 5.32 Å². The maximum atomic E-state index is 13.1. The van der Waals surface area contributed by atoms with Crippen LogP contribution in [0.3, 0.4) is 0 Å². The van der Waals surface area contributed by atoms with Gasteiger partial charge in [0.15, 0.2) is 0 Å². The normalized spacial score (nSPS) is 10.9. The molecule has 3 rings (SSSR count). The van der Waals surface area contributed by atoms with E-state index in [1.54, 1.807) is 13.0 Å². The molecule has 3 aromatic rings. The minimum absolute atomic E-state index is 0.230. The Morgan fingerprint density at radius 2 is 1.86 bits per heavy atom. The fourth-order valence-corrected chi connectivity index (χ4v) is 2.87. The summed E-state index contributed by atoms with van der Waals surface area (Å²) in [5, 5.41) is 3.63. The number of anilines is 2. The van der Waals surface area contributed by atoms with Crippen molar-refractivity contribution in [1.29, 1.82) is 0 Å². The number of nitrogens with one attached hydrogen (secondary N) is 1. The van der Waals surface area contributed by atoms with Gasteiger partial charge in [-0.25, -0.2) is 23.7 Å². The molecule has 0 fully saturated rings. The van der Waals surface area contributed by atoms with Crippen LogP contribution in [0, 0.1) is 6.92 Å². The van der Waals surface area contributed by atoms with E-state index in [0.29, 0.717) is 21.5 Å². The molecule has 0 bridgehead atoms. The first-order valence-corrected chi connectivity index (χ1v) is 7.36. The number of aryl methyl sites for hydroxylation is 1. The Morgan fingerprint density at radius 1 is 1.09 bits per heavy atom. The Hall–Kier alpha value is -2.41. The highest BCUT2D eigenvalue weighted by atomic mass is 32.1. The van der Waals surface area contributed by atoms with E-state index in [0.717, 1.165) is 5.69 Å². The average molecular weight is 318 g/mol. The zero-order valence-corrected chi connectivity index (χ0v) is 12.4. The smallest absolute Gasteiger partial charge is 0.281 e. The molecule has 0 unspecified atom stereocenters. The number of thiazole rings is 1. The van der Waals surface area contributed by atoms with Gasteiger partial charge in [-0.2, -0.15) is 0 Å². The van der Waals surface area contributed by atoms with Crippen molar-refractivity contribution in [2.75, 3.05) is 5.32 Å². The maximum Gasteiger partial charge on any atom is 0.281 e. The fraction of sp³-hybridized carbons (Fsp3) is 0.133. The lowest BCUT2D eigenvalue weighted by Crippen LogP contribution is -1.98. The number of alkyl halides is 2. The molecule has 0 saturated carbocycles. The van der Waals surface area contributed by atoms with Gasteiger partial charge in [-0.15, -0.1) is 11.3 Å². The summed E-state index contributed by atoms with van der Waals surface area (Å²) in [6, 6.07) is 11.0. The predicted octanol–water partition coefficient (Wildman–Crippen LogP) is 4.59. The van der Waals surface area contributed by atoms with E-state index in [4.69, 9.17) is 0 Å². The molecular formula is C15H12F2N4S. The molecule has 2 heterocycles. The Bertz CT molecular complexity index is 774. The second-order valence-electron chi connectivity index (χ2n) is 4.50. The van der Waals surface area contributed by atoms with Gasteiger partial charge in [-0.1, -0.05) is 18.2 Å². The van der Waals surface area contributed by atoms with Crippen molar-refractivity contribution in [3.05, 3.63) is 53.3 Å². The van der Waals surface area contributed by atoms with Crippen LogP contribution in [0.4, 0.5) is 20.4 Å². The second-order valence-corrected chi connectivity index (χ2v) is 5.71. The van der Waals surface area contributed by atoms with Gasteiger partial charge in [0.1, 0.15) is 5.69 Å². The minimum Gasteiger partial charge on any atom is -0.324 e. The van der Waals surface area contributed by atoms with Crippen molar-refractivity contribution in [2.45, 2.75) is 13.3 Å². The summed E-state index contributed by atoms with van der Waals surface area (Å²) in [4.78, 5) is 12.7. The van der Waals surface area contributed by atoms with Crippen LogP contribution in [0.2, 0.25) is 0 Å². The molecule has 7 heteroatoms. The number of halogens is 2. The molecule has 0 aliphatic carbocycles. The fourth-order valence-electron chi connectivity index (χ4n) is 1.97. The molecule has 1 aromatic carbocycles. The highest BCUT2D eigenvalue weighted by Gasteiger charge is 2.20. The Kier molecular flexibility index (Phi) is 4.06. The van der Waals surface area contributed by atoms with Crippen molar-refractivity contribution >= 4 is 23.0 Å². The zero-order valence-electron chi connectivity index (χ0n) is 11.6. The van der Waals surface area contributed by atoms with E-state index >= 15 is 0 Å². The number of hydrogen-bond acceptors (Lipinski definition) is 5.